The summed E-state index contributed by atoms with van der Waals surface area (Å²) >= 11 is 0. The Balaban J connectivity index is 1.34. The molecule has 3 heterocycles. The monoisotopic (exact) mass is 439 g/mol. The molecule has 162 valence electrons. The fraction of sp³-hybridized carbons (Fsp3) is 0.409. The average molecular weight is 440 g/mol. The third-order valence-electron chi connectivity index (χ3n) is 6.03. The predicted molar refractivity (Wildman–Crippen MR) is 116 cm³/mol. The molecule has 0 radical (unpaired) electrons. The van der Waals surface area contributed by atoms with E-state index in [1.807, 2.05) is 31.2 Å². The summed E-state index contributed by atoms with van der Waals surface area (Å²) in [4.78, 5) is 7.01. The van der Waals surface area contributed by atoms with Gasteiger partial charge in [0.15, 0.2) is 0 Å². The van der Waals surface area contributed by atoms with Gasteiger partial charge in [0.1, 0.15) is 5.82 Å². The first-order valence-corrected chi connectivity index (χ1v) is 12.1. The molecule has 0 N–H and O–H groups in total. The molecular formula is C22H25N5O3S. The van der Waals surface area contributed by atoms with Crippen molar-refractivity contribution in [3.8, 4) is 11.5 Å². The molecule has 1 aliphatic heterocycles. The second-order valence-electron chi connectivity index (χ2n) is 7.90. The molecule has 0 amide bonds. The summed E-state index contributed by atoms with van der Waals surface area (Å²) in [7, 11) is -3.51. The zero-order valence-electron chi connectivity index (χ0n) is 17.5. The molecule has 1 fully saturated rings. The van der Waals surface area contributed by atoms with Gasteiger partial charge in [-0.2, -0.15) is 4.31 Å². The Hall–Kier alpha value is -2.78. The number of fused-ring (bicyclic) bond motifs is 1. The molecule has 0 saturated carbocycles. The minimum atomic E-state index is -3.51. The van der Waals surface area contributed by atoms with Gasteiger partial charge in [-0.05, 0) is 54.7 Å². The molecule has 0 spiro atoms. The third kappa shape index (κ3) is 3.72. The van der Waals surface area contributed by atoms with E-state index in [4.69, 9.17) is 4.42 Å². The van der Waals surface area contributed by atoms with Crippen molar-refractivity contribution < 1.29 is 12.8 Å². The van der Waals surface area contributed by atoms with Gasteiger partial charge in [-0.1, -0.05) is 13.0 Å². The largest absolute Gasteiger partial charge is 0.421 e. The van der Waals surface area contributed by atoms with Gasteiger partial charge < -0.3 is 9.32 Å². The molecule has 0 unspecified atom stereocenters. The molecule has 0 bridgehead atoms. The molecule has 3 aromatic rings. The van der Waals surface area contributed by atoms with E-state index in [1.54, 1.807) is 16.6 Å². The Morgan fingerprint density at radius 2 is 1.84 bits per heavy atom. The molecule has 31 heavy (non-hydrogen) atoms. The molecule has 1 aliphatic carbocycles. The topological polar surface area (TPSA) is 92.4 Å². The molecule has 0 atom stereocenters. The minimum absolute atomic E-state index is 0.401. The van der Waals surface area contributed by atoms with E-state index in [1.165, 1.54) is 11.1 Å². The highest BCUT2D eigenvalue weighted by Gasteiger charge is 2.31. The van der Waals surface area contributed by atoms with Crippen LogP contribution in [0, 0.1) is 0 Å². The summed E-state index contributed by atoms with van der Waals surface area (Å²) < 4.78 is 33.7. The fourth-order valence-electron chi connectivity index (χ4n) is 4.32. The lowest BCUT2D eigenvalue weighted by Gasteiger charge is -2.35. The maximum absolute atomic E-state index is 13.2. The Morgan fingerprint density at radius 1 is 1.03 bits per heavy atom. The summed E-state index contributed by atoms with van der Waals surface area (Å²) in [6, 6.07) is 9.33. The summed E-state index contributed by atoms with van der Waals surface area (Å²) in [5.74, 6) is 1.76. The highest BCUT2D eigenvalue weighted by Crippen LogP contribution is 2.30. The lowest BCUT2D eigenvalue weighted by molar-refractivity contribution is 0.383. The SMILES string of the molecule is CCc1nnc(-c2cccnc2N2CCN(S(=O)(=O)c3ccc4c(c3)CCC4)CC2)o1. The molecule has 8 nitrogen and oxygen atoms in total. The Labute approximate surface area is 182 Å². The Bertz CT molecular complexity index is 1200. The quantitative estimate of drug-likeness (QED) is 0.603. The van der Waals surface area contributed by atoms with E-state index < -0.39 is 10.0 Å². The van der Waals surface area contributed by atoms with Gasteiger partial charge in [0.2, 0.25) is 15.9 Å². The van der Waals surface area contributed by atoms with Crippen LogP contribution in [0.1, 0.15) is 30.4 Å². The normalized spacial score (nSPS) is 17.1. The molecule has 5 rings (SSSR count). The highest BCUT2D eigenvalue weighted by molar-refractivity contribution is 7.89. The number of rotatable bonds is 5. The van der Waals surface area contributed by atoms with Crippen LogP contribution >= 0.6 is 0 Å². The average Bonchev–Trinajstić information content (AvgIpc) is 3.48. The van der Waals surface area contributed by atoms with E-state index in [9.17, 15) is 8.42 Å². The van der Waals surface area contributed by atoms with E-state index in [-0.39, 0.29) is 0 Å². The van der Waals surface area contributed by atoms with Gasteiger partial charge >= 0.3 is 0 Å². The lowest BCUT2D eigenvalue weighted by Crippen LogP contribution is -2.49. The first kappa shape index (κ1) is 20.1. The molecule has 2 aliphatic rings. The zero-order valence-corrected chi connectivity index (χ0v) is 18.3. The van der Waals surface area contributed by atoms with Gasteiger partial charge in [-0.3, -0.25) is 0 Å². The van der Waals surface area contributed by atoms with Crippen molar-refractivity contribution in [3.63, 3.8) is 0 Å². The molecular weight excluding hydrogens is 414 g/mol. The number of hydrogen-bond donors (Lipinski definition) is 0. The van der Waals surface area contributed by atoms with Crippen LogP contribution in [0.15, 0.2) is 45.8 Å². The summed E-state index contributed by atoms with van der Waals surface area (Å²) in [5.41, 5.74) is 3.21. The van der Waals surface area contributed by atoms with Crippen molar-refractivity contribution in [1.82, 2.24) is 19.5 Å². The molecule has 9 heteroatoms. The van der Waals surface area contributed by atoms with Crippen molar-refractivity contribution in [2.24, 2.45) is 0 Å². The molecule has 2 aromatic heterocycles. The van der Waals surface area contributed by atoms with Crippen LogP contribution in [-0.2, 0) is 29.3 Å². The van der Waals surface area contributed by atoms with Crippen LogP contribution < -0.4 is 4.90 Å². The third-order valence-corrected chi connectivity index (χ3v) is 7.93. The number of anilines is 1. The Morgan fingerprint density at radius 3 is 2.61 bits per heavy atom. The van der Waals surface area contributed by atoms with Crippen LogP contribution in [0.4, 0.5) is 5.82 Å². The number of nitrogens with zero attached hydrogens (tertiary/aromatic N) is 5. The lowest BCUT2D eigenvalue weighted by atomic mass is 10.1. The number of benzene rings is 1. The highest BCUT2D eigenvalue weighted by atomic mass is 32.2. The van der Waals surface area contributed by atoms with Crippen LogP contribution in [0.5, 0.6) is 0 Å². The Kier molecular flexibility index (Phi) is 5.23. The van der Waals surface area contributed by atoms with Crippen LogP contribution in [-0.4, -0.2) is 54.1 Å². The summed E-state index contributed by atoms with van der Waals surface area (Å²) in [5, 5.41) is 8.19. The van der Waals surface area contributed by atoms with Gasteiger partial charge in [0.25, 0.3) is 5.89 Å². The van der Waals surface area contributed by atoms with E-state index in [0.29, 0.717) is 49.3 Å². The summed E-state index contributed by atoms with van der Waals surface area (Å²) in [6.07, 6.45) is 5.50. The number of sulfonamides is 1. The predicted octanol–water partition coefficient (Wildman–Crippen LogP) is 2.69. The second-order valence-corrected chi connectivity index (χ2v) is 9.84. The van der Waals surface area contributed by atoms with E-state index in [2.05, 4.69) is 20.1 Å². The van der Waals surface area contributed by atoms with Gasteiger partial charge in [-0.15, -0.1) is 10.2 Å². The van der Waals surface area contributed by atoms with Crippen molar-refractivity contribution in [2.45, 2.75) is 37.5 Å². The van der Waals surface area contributed by atoms with E-state index >= 15 is 0 Å². The number of aryl methyl sites for hydroxylation is 3. The first-order chi connectivity index (χ1) is 15.1. The van der Waals surface area contributed by atoms with Gasteiger partial charge in [-0.25, -0.2) is 13.4 Å². The van der Waals surface area contributed by atoms with Crippen LogP contribution in [0.3, 0.4) is 0 Å². The van der Waals surface area contributed by atoms with Crippen molar-refractivity contribution in [3.05, 3.63) is 53.5 Å². The van der Waals surface area contributed by atoms with Crippen LogP contribution in [0.25, 0.3) is 11.5 Å². The molecule has 1 saturated heterocycles. The first-order valence-electron chi connectivity index (χ1n) is 10.7. The maximum atomic E-state index is 13.2. The molecule has 1 aromatic carbocycles. The van der Waals surface area contributed by atoms with Gasteiger partial charge in [0.05, 0.1) is 10.5 Å². The van der Waals surface area contributed by atoms with Crippen molar-refractivity contribution in [2.75, 3.05) is 31.1 Å². The standard InChI is InChI=1S/C22H25N5O3S/c1-2-20-24-25-22(30-20)19-7-4-10-23-21(19)26-11-13-27(14-12-26)31(28,29)18-9-8-16-5-3-6-17(16)15-18/h4,7-10,15H,2-3,5-6,11-14H2,1H3. The second kappa shape index (κ2) is 8.05. The fourth-order valence-corrected chi connectivity index (χ4v) is 5.79. The number of piperazine rings is 1. The number of hydrogen-bond acceptors (Lipinski definition) is 7. The summed E-state index contributed by atoms with van der Waals surface area (Å²) in [6.45, 7) is 3.85. The minimum Gasteiger partial charge on any atom is -0.421 e. The van der Waals surface area contributed by atoms with Gasteiger partial charge in [0, 0.05) is 38.8 Å². The number of aromatic nitrogens is 3. The van der Waals surface area contributed by atoms with E-state index in [0.717, 1.165) is 30.6 Å². The number of pyridine rings is 1. The smallest absolute Gasteiger partial charge is 0.251 e. The maximum Gasteiger partial charge on any atom is 0.251 e. The zero-order chi connectivity index (χ0) is 21.4. The van der Waals surface area contributed by atoms with Crippen LogP contribution in [0.2, 0.25) is 0 Å². The van der Waals surface area contributed by atoms with Crippen molar-refractivity contribution >= 4 is 15.8 Å². The van der Waals surface area contributed by atoms with Crippen molar-refractivity contribution in [1.29, 1.82) is 0 Å².